The van der Waals surface area contributed by atoms with E-state index < -0.39 is 0 Å². The Kier molecular flexibility index (Phi) is 6.29. The van der Waals surface area contributed by atoms with Crippen LogP contribution in [-0.2, 0) is 11.3 Å². The maximum Gasteiger partial charge on any atom is 0.233 e. The van der Waals surface area contributed by atoms with Crippen LogP contribution in [0.3, 0.4) is 0 Å². The number of rotatable bonds is 5. The number of thiocarbonyl (C=S) groups is 1. The van der Waals surface area contributed by atoms with Gasteiger partial charge >= 0.3 is 0 Å². The van der Waals surface area contributed by atoms with Crippen LogP contribution in [0, 0.1) is 0 Å². The number of hydrogen-bond donors (Lipinski definition) is 2. The molecule has 2 heterocycles. The summed E-state index contributed by atoms with van der Waals surface area (Å²) in [4.78, 5) is 10.4. The van der Waals surface area contributed by atoms with Crippen molar-refractivity contribution in [2.24, 2.45) is 10.8 Å². The van der Waals surface area contributed by atoms with Crippen molar-refractivity contribution in [2.75, 3.05) is 26.3 Å². The largest absolute Gasteiger partial charge is 0.472 e. The van der Waals surface area contributed by atoms with Crippen molar-refractivity contribution in [3.8, 4) is 5.88 Å². The van der Waals surface area contributed by atoms with Crippen LogP contribution in [0.15, 0.2) is 47.8 Å². The van der Waals surface area contributed by atoms with Gasteiger partial charge in [0.1, 0.15) is 12.3 Å². The van der Waals surface area contributed by atoms with Crippen LogP contribution in [0.4, 0.5) is 0 Å². The van der Waals surface area contributed by atoms with E-state index in [0.717, 1.165) is 18.7 Å². The molecule has 136 valence electrons. The number of aromatic nitrogens is 2. The second-order valence-corrected chi connectivity index (χ2v) is 5.92. The molecular formula is C17H20N6O2S. The van der Waals surface area contributed by atoms with E-state index in [1.54, 1.807) is 0 Å². The Labute approximate surface area is 157 Å². The van der Waals surface area contributed by atoms with Crippen LogP contribution in [0.2, 0.25) is 0 Å². The summed E-state index contributed by atoms with van der Waals surface area (Å²) in [5.74, 6) is 0.554. The predicted octanol–water partition coefficient (Wildman–Crippen LogP) is 0.883. The van der Waals surface area contributed by atoms with Crippen molar-refractivity contribution in [2.45, 2.75) is 6.61 Å². The third-order valence-corrected chi connectivity index (χ3v) is 4.02. The summed E-state index contributed by atoms with van der Waals surface area (Å²) in [5.41, 5.74) is 10.2. The fourth-order valence-electron chi connectivity index (χ4n) is 2.28. The smallest absolute Gasteiger partial charge is 0.233 e. The zero-order valence-corrected chi connectivity index (χ0v) is 15.0. The molecule has 1 aromatic heterocycles. The number of morpholine rings is 1. The van der Waals surface area contributed by atoms with Crippen LogP contribution >= 0.6 is 12.2 Å². The van der Waals surface area contributed by atoms with Gasteiger partial charge in [0.25, 0.3) is 0 Å². The zero-order valence-electron chi connectivity index (χ0n) is 14.2. The van der Waals surface area contributed by atoms with E-state index in [1.807, 2.05) is 35.2 Å². The van der Waals surface area contributed by atoms with Crippen LogP contribution in [0.25, 0.3) is 0 Å². The molecule has 3 N–H and O–H groups in total. The Morgan fingerprint density at radius 3 is 2.81 bits per heavy atom. The summed E-state index contributed by atoms with van der Waals surface area (Å²) in [6, 6.07) is 9.81. The minimum Gasteiger partial charge on any atom is -0.472 e. The molecule has 0 amide bonds. The molecule has 1 aliphatic rings. The molecule has 1 saturated heterocycles. The van der Waals surface area contributed by atoms with Gasteiger partial charge in [-0.25, -0.2) is 4.98 Å². The fraction of sp³-hybridized carbons (Fsp3) is 0.294. The molecule has 0 unspecified atom stereocenters. The lowest BCUT2D eigenvalue weighted by molar-refractivity contribution is 0.0677. The van der Waals surface area contributed by atoms with E-state index in [4.69, 9.17) is 27.4 Å². The minimum absolute atomic E-state index is 0.179. The normalized spacial score (nSPS) is 14.8. The molecule has 0 spiro atoms. The van der Waals surface area contributed by atoms with Crippen molar-refractivity contribution in [1.82, 2.24) is 20.3 Å². The number of hydrazone groups is 1. The van der Waals surface area contributed by atoms with Crippen LogP contribution in [0.5, 0.6) is 5.88 Å². The molecule has 3 rings (SSSR count). The number of amidine groups is 1. The molecule has 1 aromatic carbocycles. The second-order valence-electron chi connectivity index (χ2n) is 5.53. The van der Waals surface area contributed by atoms with Gasteiger partial charge in [0.05, 0.1) is 25.6 Å². The maximum atomic E-state index is 5.98. The monoisotopic (exact) mass is 372 g/mol. The van der Waals surface area contributed by atoms with E-state index in [9.17, 15) is 0 Å². The maximum absolute atomic E-state index is 5.98. The Hall–Kier alpha value is -2.78. The number of hydrogen-bond acceptors (Lipinski definition) is 6. The van der Waals surface area contributed by atoms with Crippen LogP contribution < -0.4 is 15.9 Å². The third-order valence-electron chi connectivity index (χ3n) is 3.67. The van der Waals surface area contributed by atoms with Crippen molar-refractivity contribution in [3.63, 3.8) is 0 Å². The lowest BCUT2D eigenvalue weighted by Crippen LogP contribution is -2.45. The molecule has 0 radical (unpaired) electrons. The molecule has 1 fully saturated rings. The third kappa shape index (κ3) is 5.11. The van der Waals surface area contributed by atoms with Gasteiger partial charge in [-0.15, -0.1) is 0 Å². The first-order valence-electron chi connectivity index (χ1n) is 8.17. The molecule has 0 atom stereocenters. The molecule has 26 heavy (non-hydrogen) atoms. The van der Waals surface area contributed by atoms with Gasteiger partial charge < -0.3 is 20.1 Å². The minimum atomic E-state index is 0.179. The van der Waals surface area contributed by atoms with E-state index in [0.29, 0.717) is 36.5 Å². The highest BCUT2D eigenvalue weighted by molar-refractivity contribution is 7.80. The number of nitrogens with one attached hydrogen (secondary N) is 1. The molecule has 8 nitrogen and oxygen atoms in total. The number of nitrogens with two attached hydrogens (primary N) is 1. The lowest BCUT2D eigenvalue weighted by atomic mass is 10.2. The Morgan fingerprint density at radius 1 is 1.27 bits per heavy atom. The fourth-order valence-corrected chi connectivity index (χ4v) is 2.50. The standard InChI is InChI=1S/C17H20N6O2S/c18-16(21-22-17(26)23-6-8-24-9-7-23)14-10-19-11-15(20-14)25-12-13-4-2-1-3-5-13/h1-5,10-11H,6-9,12H2,(H2,18,21)(H,22,26). The van der Waals surface area contributed by atoms with Crippen molar-refractivity contribution in [1.29, 1.82) is 0 Å². The molecule has 2 aromatic rings. The topological polar surface area (TPSA) is 97.9 Å². The summed E-state index contributed by atoms with van der Waals surface area (Å²) in [6.07, 6.45) is 3.05. The van der Waals surface area contributed by atoms with Crippen LogP contribution in [-0.4, -0.2) is 52.1 Å². The summed E-state index contributed by atoms with van der Waals surface area (Å²) in [6.45, 7) is 3.14. The molecular weight excluding hydrogens is 352 g/mol. The quantitative estimate of drug-likeness (QED) is 0.346. The Morgan fingerprint density at radius 2 is 2.04 bits per heavy atom. The van der Waals surface area contributed by atoms with Crippen molar-refractivity contribution < 1.29 is 9.47 Å². The summed E-state index contributed by atoms with van der Waals surface area (Å²) < 4.78 is 10.9. The highest BCUT2D eigenvalue weighted by Gasteiger charge is 2.13. The SMILES string of the molecule is N/C(=N/NC(=S)N1CCOCC1)c1cncc(OCc2ccccc2)n1. The van der Waals surface area contributed by atoms with E-state index in [1.165, 1.54) is 12.4 Å². The van der Waals surface area contributed by atoms with Gasteiger partial charge in [-0.3, -0.25) is 10.4 Å². The van der Waals surface area contributed by atoms with Gasteiger partial charge in [0, 0.05) is 13.1 Å². The first kappa shape index (κ1) is 18.0. The van der Waals surface area contributed by atoms with Gasteiger partial charge in [-0.2, -0.15) is 5.10 Å². The van der Waals surface area contributed by atoms with Gasteiger partial charge in [0.15, 0.2) is 10.9 Å². The number of benzene rings is 1. The predicted molar refractivity (Wildman–Crippen MR) is 102 cm³/mol. The second kappa shape index (κ2) is 9.07. The van der Waals surface area contributed by atoms with E-state index in [-0.39, 0.29) is 5.84 Å². The average Bonchev–Trinajstić information content (AvgIpc) is 2.72. The zero-order chi connectivity index (χ0) is 18.2. The van der Waals surface area contributed by atoms with E-state index in [2.05, 4.69) is 20.5 Å². The van der Waals surface area contributed by atoms with Crippen LogP contribution in [0.1, 0.15) is 11.3 Å². The summed E-state index contributed by atoms with van der Waals surface area (Å²) >= 11 is 5.30. The first-order chi connectivity index (χ1) is 12.7. The van der Waals surface area contributed by atoms with E-state index >= 15 is 0 Å². The molecule has 1 aliphatic heterocycles. The molecule has 9 heteroatoms. The van der Waals surface area contributed by atoms with Crippen molar-refractivity contribution in [3.05, 3.63) is 54.0 Å². The highest BCUT2D eigenvalue weighted by Crippen LogP contribution is 2.09. The van der Waals surface area contributed by atoms with Gasteiger partial charge in [-0.05, 0) is 17.8 Å². The summed E-state index contributed by atoms with van der Waals surface area (Å²) in [7, 11) is 0. The molecule has 0 bridgehead atoms. The van der Waals surface area contributed by atoms with Gasteiger partial charge in [-0.1, -0.05) is 30.3 Å². The van der Waals surface area contributed by atoms with Gasteiger partial charge in [0.2, 0.25) is 5.88 Å². The molecule has 0 aliphatic carbocycles. The highest BCUT2D eigenvalue weighted by atomic mass is 32.1. The lowest BCUT2D eigenvalue weighted by Gasteiger charge is -2.28. The average molecular weight is 372 g/mol. The molecule has 0 saturated carbocycles. The first-order valence-corrected chi connectivity index (χ1v) is 8.58. The number of nitrogens with zero attached hydrogens (tertiary/aromatic N) is 4. The summed E-state index contributed by atoms with van der Waals surface area (Å²) in [5, 5.41) is 4.59. The number of ether oxygens (including phenoxy) is 2. The Bertz CT molecular complexity index is 765. The Balaban J connectivity index is 1.58. The van der Waals surface area contributed by atoms with Crippen molar-refractivity contribution >= 4 is 23.2 Å².